The lowest BCUT2D eigenvalue weighted by Gasteiger charge is -2.19. The van der Waals surface area contributed by atoms with Crippen molar-refractivity contribution in [3.8, 4) is 0 Å². The van der Waals surface area contributed by atoms with Gasteiger partial charge in [-0.3, -0.25) is 4.90 Å². The number of hydrogen-bond acceptors (Lipinski definition) is 2. The molecule has 1 unspecified atom stereocenters. The standard InChI is InChI=1S/C20H26FNO/c1-3-18(10-9-17(2)21)15-20-11-12-22(13-14-23-20)16-19-7-5-4-6-8-19/h3-10,20H,2,11-16H2,1H3/b10-9-,18-3+. The minimum atomic E-state index is -0.417. The van der Waals surface area contributed by atoms with Crippen LogP contribution in [0.3, 0.4) is 0 Å². The van der Waals surface area contributed by atoms with Gasteiger partial charge in [0, 0.05) is 19.6 Å². The molecule has 1 heterocycles. The van der Waals surface area contributed by atoms with E-state index in [4.69, 9.17) is 4.74 Å². The van der Waals surface area contributed by atoms with Crippen LogP contribution in [-0.4, -0.2) is 30.7 Å². The molecule has 1 saturated heterocycles. The zero-order valence-corrected chi connectivity index (χ0v) is 13.9. The first-order chi connectivity index (χ1) is 11.2. The summed E-state index contributed by atoms with van der Waals surface area (Å²) in [6.45, 7) is 8.91. The molecule has 1 aliphatic rings. The number of allylic oxidation sites excluding steroid dienone is 4. The molecule has 0 N–H and O–H groups in total. The van der Waals surface area contributed by atoms with Gasteiger partial charge in [0.05, 0.1) is 12.7 Å². The Balaban J connectivity index is 1.84. The third-order valence-electron chi connectivity index (χ3n) is 4.09. The van der Waals surface area contributed by atoms with Crippen molar-refractivity contribution in [1.82, 2.24) is 4.90 Å². The van der Waals surface area contributed by atoms with Gasteiger partial charge >= 0.3 is 0 Å². The maximum absolute atomic E-state index is 12.8. The molecule has 1 aliphatic heterocycles. The Morgan fingerprint density at radius 2 is 2.09 bits per heavy atom. The quantitative estimate of drug-likeness (QED) is 0.708. The van der Waals surface area contributed by atoms with E-state index in [0.29, 0.717) is 0 Å². The van der Waals surface area contributed by atoms with Crippen LogP contribution in [-0.2, 0) is 11.3 Å². The average molecular weight is 315 g/mol. The Morgan fingerprint density at radius 1 is 1.30 bits per heavy atom. The first-order valence-corrected chi connectivity index (χ1v) is 8.23. The topological polar surface area (TPSA) is 12.5 Å². The Hall–Kier alpha value is -1.71. The summed E-state index contributed by atoms with van der Waals surface area (Å²) in [5.41, 5.74) is 2.43. The second-order valence-electron chi connectivity index (χ2n) is 5.89. The van der Waals surface area contributed by atoms with E-state index in [9.17, 15) is 4.39 Å². The van der Waals surface area contributed by atoms with Gasteiger partial charge in [0.1, 0.15) is 5.83 Å². The smallest absolute Gasteiger partial charge is 0.116 e. The molecular weight excluding hydrogens is 289 g/mol. The van der Waals surface area contributed by atoms with Crippen LogP contribution in [0.2, 0.25) is 0 Å². The van der Waals surface area contributed by atoms with Gasteiger partial charge in [0.15, 0.2) is 0 Å². The molecular formula is C20H26FNO. The second-order valence-corrected chi connectivity index (χ2v) is 5.89. The molecule has 0 bridgehead atoms. The molecule has 0 saturated carbocycles. The van der Waals surface area contributed by atoms with Gasteiger partial charge in [-0.2, -0.15) is 0 Å². The molecule has 0 radical (unpaired) electrons. The summed E-state index contributed by atoms with van der Waals surface area (Å²) in [7, 11) is 0. The molecule has 0 spiro atoms. The number of ether oxygens (including phenoxy) is 1. The van der Waals surface area contributed by atoms with Crippen molar-refractivity contribution >= 4 is 0 Å². The highest BCUT2D eigenvalue weighted by Gasteiger charge is 2.18. The van der Waals surface area contributed by atoms with Gasteiger partial charge in [0.25, 0.3) is 0 Å². The highest BCUT2D eigenvalue weighted by molar-refractivity contribution is 5.23. The summed E-state index contributed by atoms with van der Waals surface area (Å²) in [5.74, 6) is -0.417. The molecule has 1 aromatic carbocycles. The van der Waals surface area contributed by atoms with E-state index in [1.807, 2.05) is 19.1 Å². The summed E-state index contributed by atoms with van der Waals surface area (Å²) < 4.78 is 18.7. The number of halogens is 1. The molecule has 2 rings (SSSR count). The third-order valence-corrected chi connectivity index (χ3v) is 4.09. The van der Waals surface area contributed by atoms with Crippen molar-refractivity contribution in [2.45, 2.75) is 32.4 Å². The van der Waals surface area contributed by atoms with Crippen LogP contribution < -0.4 is 0 Å². The molecule has 0 aromatic heterocycles. The fraction of sp³-hybridized carbons (Fsp3) is 0.400. The van der Waals surface area contributed by atoms with Crippen LogP contribution in [0.25, 0.3) is 0 Å². The van der Waals surface area contributed by atoms with Crippen molar-refractivity contribution in [3.63, 3.8) is 0 Å². The van der Waals surface area contributed by atoms with E-state index in [-0.39, 0.29) is 6.10 Å². The molecule has 0 aliphatic carbocycles. The largest absolute Gasteiger partial charge is 0.376 e. The Labute approximate surface area is 139 Å². The molecule has 23 heavy (non-hydrogen) atoms. The normalized spacial score (nSPS) is 20.6. The molecule has 1 atom stereocenters. The lowest BCUT2D eigenvalue weighted by Crippen LogP contribution is -2.25. The maximum atomic E-state index is 12.8. The van der Waals surface area contributed by atoms with Gasteiger partial charge in [-0.25, -0.2) is 4.39 Å². The number of nitrogens with zero attached hydrogens (tertiary/aromatic N) is 1. The summed E-state index contributed by atoms with van der Waals surface area (Å²) >= 11 is 0. The van der Waals surface area contributed by atoms with Crippen molar-refractivity contribution in [3.05, 3.63) is 72.1 Å². The van der Waals surface area contributed by atoms with Crippen LogP contribution in [0.5, 0.6) is 0 Å². The van der Waals surface area contributed by atoms with E-state index < -0.39 is 5.83 Å². The molecule has 124 valence electrons. The third kappa shape index (κ3) is 6.51. The van der Waals surface area contributed by atoms with Crippen molar-refractivity contribution < 1.29 is 9.13 Å². The van der Waals surface area contributed by atoms with Crippen LogP contribution in [0.4, 0.5) is 4.39 Å². The zero-order chi connectivity index (χ0) is 16.5. The monoisotopic (exact) mass is 315 g/mol. The molecule has 1 fully saturated rings. The lowest BCUT2D eigenvalue weighted by molar-refractivity contribution is 0.0628. The van der Waals surface area contributed by atoms with Gasteiger partial charge in [-0.05, 0) is 37.0 Å². The highest BCUT2D eigenvalue weighted by atomic mass is 19.1. The fourth-order valence-corrected chi connectivity index (χ4v) is 2.77. The van der Waals surface area contributed by atoms with Crippen LogP contribution in [0.1, 0.15) is 25.3 Å². The van der Waals surface area contributed by atoms with E-state index in [2.05, 4.69) is 35.7 Å². The first kappa shape index (κ1) is 17.6. The van der Waals surface area contributed by atoms with Crippen LogP contribution >= 0.6 is 0 Å². The first-order valence-electron chi connectivity index (χ1n) is 8.23. The number of rotatable bonds is 6. The van der Waals surface area contributed by atoms with Gasteiger partial charge in [-0.15, -0.1) is 0 Å². The Bertz CT molecular complexity index is 550. The van der Waals surface area contributed by atoms with Crippen molar-refractivity contribution in [1.29, 1.82) is 0 Å². The predicted molar refractivity (Wildman–Crippen MR) is 93.8 cm³/mol. The van der Waals surface area contributed by atoms with Crippen molar-refractivity contribution in [2.24, 2.45) is 0 Å². The molecule has 2 nitrogen and oxygen atoms in total. The van der Waals surface area contributed by atoms with Gasteiger partial charge in [-0.1, -0.05) is 49.1 Å². The predicted octanol–water partition coefficient (Wildman–Crippen LogP) is 4.65. The van der Waals surface area contributed by atoms with Crippen LogP contribution in [0.15, 0.2) is 66.5 Å². The Morgan fingerprint density at radius 3 is 2.78 bits per heavy atom. The minimum absolute atomic E-state index is 0.194. The van der Waals surface area contributed by atoms with Gasteiger partial charge in [0.2, 0.25) is 0 Å². The summed E-state index contributed by atoms with van der Waals surface area (Å²) in [6.07, 6.45) is 7.22. The zero-order valence-electron chi connectivity index (χ0n) is 13.9. The summed E-state index contributed by atoms with van der Waals surface area (Å²) in [4.78, 5) is 2.43. The van der Waals surface area contributed by atoms with Crippen LogP contribution in [0, 0.1) is 0 Å². The Kier molecular flexibility index (Phi) is 7.24. The van der Waals surface area contributed by atoms with E-state index in [0.717, 1.165) is 44.7 Å². The lowest BCUT2D eigenvalue weighted by atomic mass is 10.0. The van der Waals surface area contributed by atoms with E-state index >= 15 is 0 Å². The fourth-order valence-electron chi connectivity index (χ4n) is 2.77. The minimum Gasteiger partial charge on any atom is -0.376 e. The molecule has 1 aromatic rings. The van der Waals surface area contributed by atoms with E-state index in [1.54, 1.807) is 6.08 Å². The number of benzene rings is 1. The number of hydrogen-bond donors (Lipinski definition) is 0. The van der Waals surface area contributed by atoms with Crippen molar-refractivity contribution in [2.75, 3.05) is 19.7 Å². The van der Waals surface area contributed by atoms with Gasteiger partial charge < -0.3 is 4.74 Å². The molecule has 3 heteroatoms. The molecule has 0 amide bonds. The van der Waals surface area contributed by atoms with E-state index in [1.165, 1.54) is 11.6 Å². The highest BCUT2D eigenvalue weighted by Crippen LogP contribution is 2.18. The SMILES string of the molecule is C=C(F)/C=C\C(=C/C)CC1CCN(Cc2ccccc2)CCO1. The average Bonchev–Trinajstić information content (AvgIpc) is 2.77. The second kappa shape index (κ2) is 9.43. The maximum Gasteiger partial charge on any atom is 0.116 e. The summed E-state index contributed by atoms with van der Waals surface area (Å²) in [6, 6.07) is 10.5. The summed E-state index contributed by atoms with van der Waals surface area (Å²) in [5, 5.41) is 0.